The molecule has 3 heterocycles. The third-order valence-corrected chi connectivity index (χ3v) is 7.94. The van der Waals surface area contributed by atoms with Crippen LogP contribution in [-0.4, -0.2) is 65.6 Å². The highest BCUT2D eigenvalue weighted by molar-refractivity contribution is 7.89. The van der Waals surface area contributed by atoms with Crippen LogP contribution in [0.4, 0.5) is 17.3 Å². The van der Waals surface area contributed by atoms with Crippen LogP contribution in [0, 0.1) is 5.92 Å². The van der Waals surface area contributed by atoms with E-state index in [1.807, 2.05) is 11.0 Å². The van der Waals surface area contributed by atoms with Crippen LogP contribution in [0.15, 0.2) is 41.4 Å². The molecule has 0 saturated carbocycles. The second kappa shape index (κ2) is 9.22. The van der Waals surface area contributed by atoms with Gasteiger partial charge < -0.3 is 15.3 Å². The van der Waals surface area contributed by atoms with Gasteiger partial charge in [-0.25, -0.2) is 17.7 Å². The molecule has 34 heavy (non-hydrogen) atoms. The van der Waals surface area contributed by atoms with Crippen LogP contribution in [-0.2, 0) is 14.8 Å². The van der Waals surface area contributed by atoms with Crippen molar-refractivity contribution in [2.45, 2.75) is 37.5 Å². The number of nitrogens with zero attached hydrogens (tertiary/aromatic N) is 5. The number of anilines is 3. The first-order valence-corrected chi connectivity index (χ1v) is 12.7. The van der Waals surface area contributed by atoms with Crippen molar-refractivity contribution in [3.05, 3.63) is 42.1 Å². The SMILES string of the molecule is CC(C)c1cnn2c(Nc3ccc(S(=O)(=O)N(C)C)cc3)cc(N3CCCC(C(=O)O)C3)nc12. The molecule has 0 aliphatic carbocycles. The number of carbonyl (C=O) groups is 1. The van der Waals surface area contributed by atoms with Gasteiger partial charge in [0.25, 0.3) is 0 Å². The predicted octanol–water partition coefficient (Wildman–Crippen LogP) is 3.15. The number of nitrogens with one attached hydrogen (secondary N) is 1. The number of rotatable bonds is 7. The minimum Gasteiger partial charge on any atom is -0.481 e. The number of piperidine rings is 1. The number of aliphatic carboxylic acids is 1. The van der Waals surface area contributed by atoms with E-state index in [4.69, 9.17) is 4.98 Å². The molecule has 1 atom stereocenters. The zero-order valence-corrected chi connectivity index (χ0v) is 20.6. The van der Waals surface area contributed by atoms with Crippen molar-refractivity contribution in [2.75, 3.05) is 37.4 Å². The van der Waals surface area contributed by atoms with Gasteiger partial charge in [-0.05, 0) is 43.0 Å². The van der Waals surface area contributed by atoms with Crippen molar-refractivity contribution in [2.24, 2.45) is 5.92 Å². The van der Waals surface area contributed by atoms with E-state index in [-0.39, 0.29) is 10.8 Å². The maximum Gasteiger partial charge on any atom is 0.308 e. The van der Waals surface area contributed by atoms with Gasteiger partial charge in [-0.2, -0.15) is 9.61 Å². The summed E-state index contributed by atoms with van der Waals surface area (Å²) in [6, 6.07) is 8.38. The number of sulfonamides is 1. The van der Waals surface area contributed by atoms with Gasteiger partial charge in [0, 0.05) is 44.5 Å². The molecule has 3 aromatic rings. The molecule has 11 heteroatoms. The molecule has 1 aliphatic heterocycles. The fourth-order valence-electron chi connectivity index (χ4n) is 4.08. The summed E-state index contributed by atoms with van der Waals surface area (Å²) < 4.78 is 27.6. The zero-order valence-electron chi connectivity index (χ0n) is 19.8. The third kappa shape index (κ3) is 4.58. The molecule has 4 rings (SSSR count). The molecular weight excluding hydrogens is 456 g/mol. The van der Waals surface area contributed by atoms with Gasteiger partial charge in [-0.3, -0.25) is 4.79 Å². The molecule has 0 radical (unpaired) electrons. The van der Waals surface area contributed by atoms with Crippen molar-refractivity contribution < 1.29 is 18.3 Å². The number of hydrogen-bond acceptors (Lipinski definition) is 7. The first-order chi connectivity index (χ1) is 16.1. The van der Waals surface area contributed by atoms with E-state index in [1.165, 1.54) is 18.4 Å². The summed E-state index contributed by atoms with van der Waals surface area (Å²) in [6.45, 7) is 5.28. The van der Waals surface area contributed by atoms with E-state index in [1.54, 1.807) is 35.0 Å². The lowest BCUT2D eigenvalue weighted by molar-refractivity contribution is -0.141. The maximum absolute atomic E-state index is 12.4. The summed E-state index contributed by atoms with van der Waals surface area (Å²) >= 11 is 0. The van der Waals surface area contributed by atoms with Crippen LogP contribution < -0.4 is 10.2 Å². The maximum atomic E-state index is 12.4. The average molecular weight is 487 g/mol. The van der Waals surface area contributed by atoms with E-state index >= 15 is 0 Å². The lowest BCUT2D eigenvalue weighted by atomic mass is 9.98. The van der Waals surface area contributed by atoms with Crippen molar-refractivity contribution in [1.29, 1.82) is 0 Å². The van der Waals surface area contributed by atoms with Crippen LogP contribution in [0.5, 0.6) is 0 Å². The molecule has 2 N–H and O–H groups in total. The molecule has 1 unspecified atom stereocenters. The topological polar surface area (TPSA) is 120 Å². The van der Waals surface area contributed by atoms with Crippen LogP contribution in [0.1, 0.15) is 38.2 Å². The summed E-state index contributed by atoms with van der Waals surface area (Å²) in [4.78, 5) is 18.6. The lowest BCUT2D eigenvalue weighted by Crippen LogP contribution is -2.39. The third-order valence-electron chi connectivity index (χ3n) is 6.11. The van der Waals surface area contributed by atoms with E-state index < -0.39 is 21.9 Å². The van der Waals surface area contributed by atoms with E-state index in [2.05, 4.69) is 24.3 Å². The number of carboxylic acids is 1. The van der Waals surface area contributed by atoms with E-state index in [0.717, 1.165) is 18.5 Å². The van der Waals surface area contributed by atoms with Gasteiger partial charge in [0.1, 0.15) is 11.6 Å². The number of fused-ring (bicyclic) bond motifs is 1. The molecule has 1 fully saturated rings. The van der Waals surface area contributed by atoms with Crippen LogP contribution >= 0.6 is 0 Å². The largest absolute Gasteiger partial charge is 0.481 e. The highest BCUT2D eigenvalue weighted by atomic mass is 32.2. The molecule has 1 aliphatic rings. The highest BCUT2D eigenvalue weighted by Gasteiger charge is 2.27. The minimum atomic E-state index is -3.52. The predicted molar refractivity (Wildman–Crippen MR) is 130 cm³/mol. The zero-order chi connectivity index (χ0) is 24.6. The Morgan fingerprint density at radius 2 is 1.94 bits per heavy atom. The monoisotopic (exact) mass is 486 g/mol. The Morgan fingerprint density at radius 1 is 1.24 bits per heavy atom. The van der Waals surface area contributed by atoms with Crippen LogP contribution in [0.2, 0.25) is 0 Å². The van der Waals surface area contributed by atoms with Gasteiger partial charge in [0.2, 0.25) is 10.0 Å². The second-order valence-electron chi connectivity index (χ2n) is 9.05. The molecule has 0 spiro atoms. The second-order valence-corrected chi connectivity index (χ2v) is 11.2. The normalized spacial score (nSPS) is 17.0. The van der Waals surface area contributed by atoms with Crippen molar-refractivity contribution in [3.8, 4) is 0 Å². The Morgan fingerprint density at radius 3 is 2.56 bits per heavy atom. The number of hydrogen-bond donors (Lipinski definition) is 2. The summed E-state index contributed by atoms with van der Waals surface area (Å²) in [6.07, 6.45) is 3.24. The molecule has 0 bridgehead atoms. The Bertz CT molecular complexity index is 1300. The molecule has 2 aromatic heterocycles. The number of benzene rings is 1. The summed E-state index contributed by atoms with van der Waals surface area (Å²) in [5.74, 6) is 0.340. The molecule has 1 aromatic carbocycles. The molecule has 1 saturated heterocycles. The molecule has 182 valence electrons. The number of aromatic nitrogens is 3. The van der Waals surface area contributed by atoms with Gasteiger partial charge in [0.05, 0.1) is 17.0 Å². The van der Waals surface area contributed by atoms with Gasteiger partial charge in [0.15, 0.2) is 5.65 Å². The van der Waals surface area contributed by atoms with E-state index in [0.29, 0.717) is 35.9 Å². The quantitative estimate of drug-likeness (QED) is 0.523. The smallest absolute Gasteiger partial charge is 0.308 e. The van der Waals surface area contributed by atoms with Crippen LogP contribution in [0.25, 0.3) is 5.65 Å². The average Bonchev–Trinajstić information content (AvgIpc) is 3.24. The Balaban J connectivity index is 1.72. The molecule has 10 nitrogen and oxygen atoms in total. The van der Waals surface area contributed by atoms with Crippen LogP contribution in [0.3, 0.4) is 0 Å². The summed E-state index contributed by atoms with van der Waals surface area (Å²) in [5.41, 5.74) is 2.39. The summed E-state index contributed by atoms with van der Waals surface area (Å²) in [5, 5.41) is 17.4. The number of carboxylic acid groups (broad SMARTS) is 1. The van der Waals surface area contributed by atoms with Gasteiger partial charge in [-0.15, -0.1) is 0 Å². The molecule has 0 amide bonds. The van der Waals surface area contributed by atoms with Gasteiger partial charge in [-0.1, -0.05) is 13.8 Å². The standard InChI is InChI=1S/C23H30N6O4S/c1-15(2)19-13-24-29-21(25-17-7-9-18(10-8-17)34(32,33)27(3)4)12-20(26-22(19)29)28-11-5-6-16(14-28)23(30)31/h7-10,12-13,15-16,25H,5-6,11,14H2,1-4H3,(H,30,31). The fourth-order valence-corrected chi connectivity index (χ4v) is 4.98. The van der Waals surface area contributed by atoms with Gasteiger partial charge >= 0.3 is 5.97 Å². The van der Waals surface area contributed by atoms with Crippen molar-refractivity contribution >= 4 is 39.0 Å². The highest BCUT2D eigenvalue weighted by Crippen LogP contribution is 2.30. The summed E-state index contributed by atoms with van der Waals surface area (Å²) in [7, 11) is -0.525. The Kier molecular flexibility index (Phi) is 6.50. The Labute approximate surface area is 199 Å². The lowest BCUT2D eigenvalue weighted by Gasteiger charge is -2.32. The van der Waals surface area contributed by atoms with Crippen molar-refractivity contribution in [1.82, 2.24) is 18.9 Å². The van der Waals surface area contributed by atoms with Crippen molar-refractivity contribution in [3.63, 3.8) is 0 Å². The Hall–Kier alpha value is -3.18. The molecular formula is C23H30N6O4S. The fraction of sp³-hybridized carbons (Fsp3) is 0.435. The van der Waals surface area contributed by atoms with E-state index in [9.17, 15) is 18.3 Å². The first-order valence-electron chi connectivity index (χ1n) is 11.2. The minimum absolute atomic E-state index is 0.205. The first kappa shape index (κ1) is 24.0.